The molecule has 14 nitrogen and oxygen atoms in total. The van der Waals surface area contributed by atoms with Crippen molar-refractivity contribution in [3.63, 3.8) is 0 Å². The van der Waals surface area contributed by atoms with Crippen LogP contribution >= 0.6 is 0 Å². The summed E-state index contributed by atoms with van der Waals surface area (Å²) in [5, 5.41) is 13.8. The first-order chi connectivity index (χ1) is 24.7. The lowest BCUT2D eigenvalue weighted by atomic mass is 9.95. The third-order valence-corrected chi connectivity index (χ3v) is 10.2. The molecule has 0 aliphatic carbocycles. The van der Waals surface area contributed by atoms with Crippen molar-refractivity contribution < 1.29 is 53.6 Å². The number of ether oxygens (including phenoxy) is 1. The van der Waals surface area contributed by atoms with Crippen LogP contribution in [0.25, 0.3) is 22.8 Å². The second-order valence-electron chi connectivity index (χ2n) is 13.7. The molecule has 6 rings (SSSR count). The Bertz CT molecular complexity index is 2110. The van der Waals surface area contributed by atoms with Crippen molar-refractivity contribution in [1.82, 2.24) is 30.6 Å². The average Bonchev–Trinajstić information content (AvgIpc) is 3.75. The van der Waals surface area contributed by atoms with E-state index in [2.05, 4.69) is 30.2 Å². The van der Waals surface area contributed by atoms with Gasteiger partial charge in [-0.3, -0.25) is 9.69 Å². The predicted octanol–water partition coefficient (Wildman–Crippen LogP) is 5.46. The molecular weight excluding hydrogens is 733 g/mol. The Balaban J connectivity index is 1.36. The number of halogens is 5. The largest absolute Gasteiger partial charge is 0.471 e. The minimum Gasteiger partial charge on any atom is -0.444 e. The molecule has 20 heteroatoms. The van der Waals surface area contributed by atoms with Gasteiger partial charge in [-0.25, -0.2) is 22.0 Å². The van der Waals surface area contributed by atoms with Gasteiger partial charge in [-0.05, 0) is 51.1 Å². The summed E-state index contributed by atoms with van der Waals surface area (Å²) in [7, 11) is -4.27. The molecule has 4 aromatic rings. The molecule has 2 aliphatic rings. The van der Waals surface area contributed by atoms with Crippen LogP contribution in [0.2, 0.25) is 0 Å². The van der Waals surface area contributed by atoms with E-state index < -0.39 is 76.1 Å². The lowest BCUT2D eigenvalue weighted by Gasteiger charge is -2.35. The lowest BCUT2D eigenvalue weighted by molar-refractivity contribution is -0.159. The van der Waals surface area contributed by atoms with Gasteiger partial charge in [0.1, 0.15) is 11.6 Å². The van der Waals surface area contributed by atoms with Crippen LogP contribution in [-0.4, -0.2) is 88.6 Å². The van der Waals surface area contributed by atoms with Crippen LogP contribution in [0.5, 0.6) is 0 Å². The van der Waals surface area contributed by atoms with Crippen molar-refractivity contribution in [2.24, 2.45) is 0 Å². The SMILES string of the molecule is CCN1CC(c2nnc(-c3ccc4c(c3)N(Cc3ccc(-c5noc(C(F)(F)F)n5)cc3)C(=O)[C@@H](NC(=O)OC(C)(C)C)CS4(=O)=O)o2)CC(F)(F)C1. The van der Waals surface area contributed by atoms with Gasteiger partial charge in [0.15, 0.2) is 9.84 Å². The molecule has 284 valence electrons. The number of alkyl carbamates (subject to hydrolysis) is 1. The molecule has 53 heavy (non-hydrogen) atoms. The summed E-state index contributed by atoms with van der Waals surface area (Å²) in [6.07, 6.45) is -6.39. The zero-order valence-electron chi connectivity index (χ0n) is 28.8. The fourth-order valence-electron chi connectivity index (χ4n) is 6.04. The highest BCUT2D eigenvalue weighted by atomic mass is 32.2. The third kappa shape index (κ3) is 8.48. The second kappa shape index (κ2) is 13.8. The lowest BCUT2D eigenvalue weighted by Crippen LogP contribution is -2.51. The van der Waals surface area contributed by atoms with Crippen molar-refractivity contribution in [2.75, 3.05) is 30.3 Å². The molecule has 0 radical (unpaired) electrons. The maximum atomic E-state index is 14.5. The van der Waals surface area contributed by atoms with Crippen LogP contribution in [0.4, 0.5) is 32.4 Å². The molecule has 2 aliphatic heterocycles. The number of alkyl halides is 5. The maximum absolute atomic E-state index is 14.5. The van der Waals surface area contributed by atoms with E-state index in [0.29, 0.717) is 12.1 Å². The molecule has 4 heterocycles. The Hall–Kier alpha value is -4.98. The number of rotatable bonds is 7. The number of likely N-dealkylation sites (N-methyl/N-ethyl adjacent to an activating group) is 1. The maximum Gasteiger partial charge on any atom is 0.471 e. The molecule has 0 saturated carbocycles. The summed E-state index contributed by atoms with van der Waals surface area (Å²) in [6.45, 7) is 6.51. The van der Waals surface area contributed by atoms with E-state index in [9.17, 15) is 40.0 Å². The molecule has 1 unspecified atom stereocenters. The third-order valence-electron chi connectivity index (χ3n) is 8.41. The molecule has 1 fully saturated rings. The zero-order valence-corrected chi connectivity index (χ0v) is 29.6. The fraction of sp³-hybridized carbons (Fsp3) is 0.455. The van der Waals surface area contributed by atoms with Crippen molar-refractivity contribution >= 4 is 27.5 Å². The first kappa shape index (κ1) is 37.8. The monoisotopic (exact) mass is 767 g/mol. The van der Waals surface area contributed by atoms with Crippen LogP contribution in [0, 0.1) is 0 Å². The second-order valence-corrected chi connectivity index (χ2v) is 15.7. The molecule has 2 aromatic carbocycles. The van der Waals surface area contributed by atoms with Gasteiger partial charge >= 0.3 is 18.2 Å². The first-order valence-electron chi connectivity index (χ1n) is 16.3. The Labute approximate surface area is 299 Å². The van der Waals surface area contributed by atoms with Gasteiger partial charge in [0.05, 0.1) is 35.3 Å². The fourth-order valence-corrected chi connectivity index (χ4v) is 7.65. The van der Waals surface area contributed by atoms with E-state index in [4.69, 9.17) is 9.15 Å². The number of anilines is 1. The molecule has 2 amide bonds. The molecule has 1 N–H and O–H groups in total. The summed E-state index contributed by atoms with van der Waals surface area (Å²) in [4.78, 5) is 32.7. The van der Waals surface area contributed by atoms with Crippen LogP contribution in [-0.2, 0) is 32.1 Å². The van der Waals surface area contributed by atoms with E-state index in [1.165, 1.54) is 42.5 Å². The predicted molar refractivity (Wildman–Crippen MR) is 175 cm³/mol. The highest BCUT2D eigenvalue weighted by Gasteiger charge is 2.43. The highest BCUT2D eigenvalue weighted by Crippen LogP contribution is 2.39. The number of hydrogen-bond donors (Lipinski definition) is 1. The van der Waals surface area contributed by atoms with Gasteiger partial charge < -0.3 is 23.9 Å². The van der Waals surface area contributed by atoms with E-state index >= 15 is 0 Å². The van der Waals surface area contributed by atoms with E-state index in [1.54, 1.807) is 32.6 Å². The first-order valence-corrected chi connectivity index (χ1v) is 18.0. The van der Waals surface area contributed by atoms with Crippen LogP contribution in [0.15, 0.2) is 56.3 Å². The zero-order chi connectivity index (χ0) is 38.5. The Morgan fingerprint density at radius 1 is 1.08 bits per heavy atom. The number of likely N-dealkylation sites (tertiary alicyclic amines) is 1. The molecule has 2 aromatic heterocycles. The van der Waals surface area contributed by atoms with Crippen molar-refractivity contribution in [3.05, 3.63) is 59.8 Å². The van der Waals surface area contributed by atoms with Crippen LogP contribution in [0.1, 0.15) is 57.4 Å². The summed E-state index contributed by atoms with van der Waals surface area (Å²) >= 11 is 0. The van der Waals surface area contributed by atoms with E-state index in [1.807, 2.05) is 0 Å². The average molecular weight is 768 g/mol. The number of nitrogens with one attached hydrogen (secondary N) is 1. The number of carbonyl (C=O) groups is 2. The van der Waals surface area contributed by atoms with Gasteiger partial charge in [0.25, 0.3) is 11.8 Å². The number of nitrogens with zero attached hydrogens (tertiary/aromatic N) is 6. The van der Waals surface area contributed by atoms with Gasteiger partial charge in [-0.1, -0.05) is 36.3 Å². The number of sulfone groups is 1. The van der Waals surface area contributed by atoms with Crippen LogP contribution in [0.3, 0.4) is 0 Å². The Morgan fingerprint density at radius 2 is 1.77 bits per heavy atom. The minimum atomic E-state index is -4.85. The summed E-state index contributed by atoms with van der Waals surface area (Å²) < 4.78 is 111. The molecule has 2 atom stereocenters. The quantitative estimate of drug-likeness (QED) is 0.236. The van der Waals surface area contributed by atoms with E-state index in [0.717, 1.165) is 4.90 Å². The standard InChI is InChI=1S/C33H34F5N7O7S/c1-5-44-15-21(13-32(34,35)17-44)27-42-41-26(50-27)20-10-11-24-23(12-20)45(28(46)22(16-53(24,48)49)39-30(47)51-31(2,3)4)14-18-6-8-19(9-7-18)25-40-29(52-43-25)33(36,37)38/h6-12,21-22H,5,13-17H2,1-4H3,(H,39,47)/t21?,22-/m0/s1. The van der Waals surface area contributed by atoms with E-state index in [-0.39, 0.29) is 52.4 Å². The van der Waals surface area contributed by atoms with Gasteiger partial charge in [-0.15, -0.1) is 10.2 Å². The number of amides is 2. The van der Waals surface area contributed by atoms with Gasteiger partial charge in [0.2, 0.25) is 17.6 Å². The number of benzene rings is 2. The Kier molecular flexibility index (Phi) is 9.82. The molecule has 0 spiro atoms. The Morgan fingerprint density at radius 3 is 2.42 bits per heavy atom. The number of piperidine rings is 1. The van der Waals surface area contributed by atoms with Crippen LogP contribution < -0.4 is 10.2 Å². The summed E-state index contributed by atoms with van der Waals surface area (Å²) in [5.74, 6) is -7.41. The number of fused-ring (bicyclic) bond motifs is 1. The summed E-state index contributed by atoms with van der Waals surface area (Å²) in [5.41, 5.74) is -0.348. The molecule has 1 saturated heterocycles. The molecular formula is C33H34F5N7O7S. The number of carbonyl (C=O) groups excluding carboxylic acids is 2. The van der Waals surface area contributed by atoms with Gasteiger partial charge in [-0.2, -0.15) is 18.2 Å². The normalized spacial score (nSPS) is 20.5. The number of aromatic nitrogens is 4. The smallest absolute Gasteiger partial charge is 0.444 e. The minimum absolute atomic E-state index is 0.0287. The summed E-state index contributed by atoms with van der Waals surface area (Å²) in [6, 6.07) is 8.06. The van der Waals surface area contributed by atoms with Gasteiger partial charge in [0, 0.05) is 24.1 Å². The van der Waals surface area contributed by atoms with Crippen molar-refractivity contribution in [1.29, 1.82) is 0 Å². The highest BCUT2D eigenvalue weighted by molar-refractivity contribution is 7.91. The van der Waals surface area contributed by atoms with Crippen molar-refractivity contribution in [3.8, 4) is 22.8 Å². The molecule has 0 bridgehead atoms. The number of hydrogen-bond acceptors (Lipinski definition) is 12. The topological polar surface area (TPSA) is 174 Å². The van der Waals surface area contributed by atoms with Crippen molar-refractivity contribution in [2.45, 2.75) is 75.2 Å².